The lowest BCUT2D eigenvalue weighted by Crippen LogP contribution is -2.53. The van der Waals surface area contributed by atoms with Crippen molar-refractivity contribution in [1.82, 2.24) is 14.8 Å². The molecule has 0 N–H and O–H groups in total. The molecule has 0 saturated carbocycles. The normalized spacial score (nSPS) is 20.6. The van der Waals surface area contributed by atoms with Crippen LogP contribution in [0.3, 0.4) is 0 Å². The summed E-state index contributed by atoms with van der Waals surface area (Å²) in [5.41, 5.74) is -0.244. The Kier molecular flexibility index (Phi) is 4.09. The molecular weight excluding hydrogens is 252 g/mol. The maximum Gasteiger partial charge on any atom is 0.257 e. The fraction of sp³-hybridized carbons (Fsp3) is 0.538. The first-order chi connectivity index (χ1) is 9.04. The van der Waals surface area contributed by atoms with E-state index < -0.39 is 17.7 Å². The van der Waals surface area contributed by atoms with E-state index in [1.165, 1.54) is 6.07 Å². The number of piperazine rings is 1. The number of amides is 1. The van der Waals surface area contributed by atoms with Gasteiger partial charge in [0.15, 0.2) is 5.82 Å². The standard InChI is InChI=1S/C13H17F2N3O/c1-3-9-8-18(7-6-17(9)2)13(19)10-4-5-16-12(15)11(10)14/h4-5,9H,3,6-8H2,1-2H3. The van der Waals surface area contributed by atoms with Crippen LogP contribution in [0, 0.1) is 11.8 Å². The first kappa shape index (κ1) is 13.9. The molecule has 1 aliphatic rings. The molecule has 1 saturated heterocycles. The SMILES string of the molecule is CCC1CN(C(=O)c2ccnc(F)c2F)CCN1C. The number of hydrogen-bond acceptors (Lipinski definition) is 3. The van der Waals surface area contributed by atoms with E-state index in [1.807, 2.05) is 14.0 Å². The van der Waals surface area contributed by atoms with E-state index in [2.05, 4.69) is 9.88 Å². The van der Waals surface area contributed by atoms with Gasteiger partial charge in [0, 0.05) is 31.9 Å². The molecule has 19 heavy (non-hydrogen) atoms. The molecule has 104 valence electrons. The van der Waals surface area contributed by atoms with Gasteiger partial charge in [0.05, 0.1) is 5.56 Å². The van der Waals surface area contributed by atoms with Crippen LogP contribution in [0.15, 0.2) is 12.3 Å². The Labute approximate surface area is 111 Å². The highest BCUT2D eigenvalue weighted by atomic mass is 19.2. The monoisotopic (exact) mass is 269 g/mol. The lowest BCUT2D eigenvalue weighted by Gasteiger charge is -2.39. The van der Waals surface area contributed by atoms with Crippen LogP contribution in [0.5, 0.6) is 0 Å². The van der Waals surface area contributed by atoms with Crippen molar-refractivity contribution in [2.24, 2.45) is 0 Å². The van der Waals surface area contributed by atoms with Gasteiger partial charge >= 0.3 is 0 Å². The average Bonchev–Trinajstić information content (AvgIpc) is 2.41. The summed E-state index contributed by atoms with van der Waals surface area (Å²) in [6.07, 6.45) is 2.02. The van der Waals surface area contributed by atoms with Gasteiger partial charge in [-0.15, -0.1) is 0 Å². The summed E-state index contributed by atoms with van der Waals surface area (Å²) in [7, 11) is 2.00. The molecule has 1 unspecified atom stereocenters. The minimum Gasteiger partial charge on any atom is -0.336 e. The van der Waals surface area contributed by atoms with E-state index >= 15 is 0 Å². The van der Waals surface area contributed by atoms with Gasteiger partial charge in [0.2, 0.25) is 5.95 Å². The lowest BCUT2D eigenvalue weighted by molar-refractivity contribution is 0.0536. The Morgan fingerprint density at radius 1 is 1.47 bits per heavy atom. The van der Waals surface area contributed by atoms with Crippen molar-refractivity contribution < 1.29 is 13.6 Å². The molecule has 1 fully saturated rings. The van der Waals surface area contributed by atoms with Crippen molar-refractivity contribution >= 4 is 5.91 Å². The van der Waals surface area contributed by atoms with E-state index in [9.17, 15) is 13.6 Å². The van der Waals surface area contributed by atoms with Gasteiger partial charge in [-0.3, -0.25) is 9.69 Å². The predicted octanol–water partition coefficient (Wildman–Crippen LogP) is 1.53. The molecule has 0 spiro atoms. The van der Waals surface area contributed by atoms with Gasteiger partial charge in [0.1, 0.15) is 0 Å². The largest absolute Gasteiger partial charge is 0.336 e. The minimum atomic E-state index is -1.23. The van der Waals surface area contributed by atoms with Gasteiger partial charge in [-0.2, -0.15) is 4.39 Å². The third kappa shape index (κ3) is 2.73. The summed E-state index contributed by atoms with van der Waals surface area (Å²) < 4.78 is 26.6. The molecule has 0 aromatic carbocycles. The maximum atomic E-state index is 13.6. The highest BCUT2D eigenvalue weighted by molar-refractivity contribution is 5.94. The molecule has 1 amide bonds. The number of likely N-dealkylation sites (N-methyl/N-ethyl adjacent to an activating group) is 1. The average molecular weight is 269 g/mol. The highest BCUT2D eigenvalue weighted by Gasteiger charge is 2.28. The number of halogens is 2. The van der Waals surface area contributed by atoms with Crippen LogP contribution in [0.4, 0.5) is 8.78 Å². The lowest BCUT2D eigenvalue weighted by atomic mass is 10.1. The molecule has 1 aromatic heterocycles. The van der Waals surface area contributed by atoms with Crippen LogP contribution in [0.1, 0.15) is 23.7 Å². The number of aromatic nitrogens is 1. The van der Waals surface area contributed by atoms with E-state index in [-0.39, 0.29) is 11.6 Å². The van der Waals surface area contributed by atoms with Crippen LogP contribution in [0.2, 0.25) is 0 Å². The smallest absolute Gasteiger partial charge is 0.257 e. The summed E-state index contributed by atoms with van der Waals surface area (Å²) in [5.74, 6) is -2.86. The summed E-state index contributed by atoms with van der Waals surface area (Å²) in [4.78, 5) is 19.2. The van der Waals surface area contributed by atoms with Crippen molar-refractivity contribution in [1.29, 1.82) is 0 Å². The van der Waals surface area contributed by atoms with Gasteiger partial charge < -0.3 is 4.90 Å². The zero-order valence-electron chi connectivity index (χ0n) is 11.1. The van der Waals surface area contributed by atoms with Crippen molar-refractivity contribution in [3.63, 3.8) is 0 Å². The number of carbonyl (C=O) groups is 1. The van der Waals surface area contributed by atoms with E-state index in [0.717, 1.165) is 19.2 Å². The number of nitrogens with zero attached hydrogens (tertiary/aromatic N) is 3. The second kappa shape index (κ2) is 5.61. The van der Waals surface area contributed by atoms with E-state index in [1.54, 1.807) is 4.90 Å². The molecule has 4 nitrogen and oxygen atoms in total. The topological polar surface area (TPSA) is 36.4 Å². The molecular formula is C13H17F2N3O. The van der Waals surface area contributed by atoms with Crippen LogP contribution in [-0.4, -0.2) is 53.4 Å². The van der Waals surface area contributed by atoms with Crippen molar-refractivity contribution in [2.45, 2.75) is 19.4 Å². The first-order valence-corrected chi connectivity index (χ1v) is 6.34. The number of hydrogen-bond donors (Lipinski definition) is 0. The number of rotatable bonds is 2. The van der Waals surface area contributed by atoms with Crippen molar-refractivity contribution in [3.05, 3.63) is 29.6 Å². The number of pyridine rings is 1. The number of carbonyl (C=O) groups excluding carboxylic acids is 1. The predicted molar refractivity (Wildman–Crippen MR) is 66.8 cm³/mol. The van der Waals surface area contributed by atoms with Crippen LogP contribution in [0.25, 0.3) is 0 Å². The van der Waals surface area contributed by atoms with Gasteiger partial charge in [-0.25, -0.2) is 9.37 Å². The van der Waals surface area contributed by atoms with Crippen LogP contribution in [-0.2, 0) is 0 Å². The Bertz CT molecular complexity index is 481. The van der Waals surface area contributed by atoms with E-state index in [0.29, 0.717) is 13.1 Å². The minimum absolute atomic E-state index is 0.244. The zero-order chi connectivity index (χ0) is 14.0. The van der Waals surface area contributed by atoms with Crippen LogP contribution < -0.4 is 0 Å². The Balaban J connectivity index is 2.18. The Morgan fingerprint density at radius 3 is 2.89 bits per heavy atom. The zero-order valence-corrected chi connectivity index (χ0v) is 11.1. The maximum absolute atomic E-state index is 13.6. The molecule has 1 atom stereocenters. The molecule has 1 aliphatic heterocycles. The summed E-state index contributed by atoms with van der Waals surface area (Å²) in [6, 6.07) is 1.48. The van der Waals surface area contributed by atoms with E-state index in [4.69, 9.17) is 0 Å². The molecule has 0 radical (unpaired) electrons. The van der Waals surface area contributed by atoms with Crippen molar-refractivity contribution in [2.75, 3.05) is 26.7 Å². The van der Waals surface area contributed by atoms with Gasteiger partial charge in [0.25, 0.3) is 5.91 Å². The Hall–Kier alpha value is -1.56. The molecule has 0 aliphatic carbocycles. The van der Waals surface area contributed by atoms with Gasteiger partial charge in [-0.05, 0) is 19.5 Å². The van der Waals surface area contributed by atoms with Gasteiger partial charge in [-0.1, -0.05) is 6.92 Å². The molecule has 0 bridgehead atoms. The molecule has 2 heterocycles. The Morgan fingerprint density at radius 2 is 2.21 bits per heavy atom. The summed E-state index contributed by atoms with van der Waals surface area (Å²) >= 11 is 0. The fourth-order valence-corrected chi connectivity index (χ4v) is 2.33. The molecule has 1 aromatic rings. The second-order valence-electron chi connectivity index (χ2n) is 4.76. The summed E-state index contributed by atoms with van der Waals surface area (Å²) in [5, 5.41) is 0. The fourth-order valence-electron chi connectivity index (χ4n) is 2.33. The molecule has 2 rings (SSSR count). The second-order valence-corrected chi connectivity index (χ2v) is 4.76. The third-order valence-electron chi connectivity index (χ3n) is 3.61. The quantitative estimate of drug-likeness (QED) is 0.764. The third-order valence-corrected chi connectivity index (χ3v) is 3.61. The first-order valence-electron chi connectivity index (χ1n) is 6.34. The highest BCUT2D eigenvalue weighted by Crippen LogP contribution is 2.16. The summed E-state index contributed by atoms with van der Waals surface area (Å²) in [6.45, 7) is 3.84. The molecule has 6 heteroatoms. The van der Waals surface area contributed by atoms with Crippen LogP contribution >= 0.6 is 0 Å². The van der Waals surface area contributed by atoms with Crippen molar-refractivity contribution in [3.8, 4) is 0 Å².